The van der Waals surface area contributed by atoms with Crippen molar-refractivity contribution < 1.29 is 0 Å². The zero-order valence-corrected chi connectivity index (χ0v) is 7.72. The second-order valence-electron chi connectivity index (χ2n) is 3.00. The highest BCUT2D eigenvalue weighted by Gasteiger charge is 2.24. The van der Waals surface area contributed by atoms with E-state index in [-0.39, 0.29) is 0 Å². The molecular weight excluding hydrogens is 128 g/mol. The number of rotatable bonds is 3. The molecule has 1 radical (unpaired) electrons. The number of hydrogen-bond acceptors (Lipinski definition) is 0. The van der Waals surface area contributed by atoms with Crippen molar-refractivity contribution in [2.24, 2.45) is 5.41 Å². The van der Waals surface area contributed by atoms with E-state index in [4.69, 9.17) is 12.6 Å². The van der Waals surface area contributed by atoms with Crippen molar-refractivity contribution in [3.05, 3.63) is 0 Å². The quantitative estimate of drug-likeness (QED) is 0.571. The van der Waals surface area contributed by atoms with Gasteiger partial charge in [0.2, 0.25) is 0 Å². The van der Waals surface area contributed by atoms with Gasteiger partial charge in [-0.05, 0) is 18.3 Å². The molecule has 0 N–H and O–H groups in total. The van der Waals surface area contributed by atoms with Gasteiger partial charge in [0.1, 0.15) is 0 Å². The van der Waals surface area contributed by atoms with Crippen molar-refractivity contribution in [2.45, 2.75) is 45.8 Å². The van der Waals surface area contributed by atoms with E-state index in [1.165, 1.54) is 12.8 Å². The van der Waals surface area contributed by atoms with E-state index in [1.54, 1.807) is 0 Å². The Morgan fingerprint density at radius 1 is 1.33 bits per heavy atom. The fourth-order valence-corrected chi connectivity index (χ4v) is 1.16. The highest BCUT2D eigenvalue weighted by molar-refractivity contribution is 7.81. The molecular formula is C8H17S. The first-order valence-electron chi connectivity index (χ1n) is 3.72. The molecule has 0 amide bonds. The first-order valence-corrected chi connectivity index (χ1v) is 4.19. The summed E-state index contributed by atoms with van der Waals surface area (Å²) >= 11 is 5.21. The van der Waals surface area contributed by atoms with Crippen LogP contribution in [0.15, 0.2) is 0 Å². The molecule has 0 fully saturated rings. The lowest BCUT2D eigenvalue weighted by atomic mass is 9.82. The van der Waals surface area contributed by atoms with E-state index < -0.39 is 0 Å². The van der Waals surface area contributed by atoms with E-state index in [0.717, 1.165) is 0 Å². The predicted octanol–water partition coefficient (Wildman–Crippen LogP) is 3.40. The molecule has 0 heterocycles. The average molecular weight is 145 g/mol. The smallest absolute Gasteiger partial charge is 0.0176 e. The summed E-state index contributed by atoms with van der Waals surface area (Å²) in [5.41, 5.74) is 0.398. The zero-order chi connectivity index (χ0) is 7.49. The first kappa shape index (κ1) is 9.35. The van der Waals surface area contributed by atoms with E-state index in [2.05, 4.69) is 27.7 Å². The minimum Gasteiger partial charge on any atom is -0.0902 e. The van der Waals surface area contributed by atoms with Gasteiger partial charge in [0, 0.05) is 5.25 Å². The van der Waals surface area contributed by atoms with Crippen LogP contribution in [0.2, 0.25) is 0 Å². The minimum absolute atomic E-state index is 0.398. The van der Waals surface area contributed by atoms with Gasteiger partial charge in [-0.3, -0.25) is 0 Å². The van der Waals surface area contributed by atoms with Crippen LogP contribution in [-0.4, -0.2) is 5.25 Å². The second-order valence-corrected chi connectivity index (χ2v) is 3.71. The molecule has 0 saturated heterocycles. The Hall–Kier alpha value is 0.350. The van der Waals surface area contributed by atoms with Crippen molar-refractivity contribution in [3.63, 3.8) is 0 Å². The molecule has 55 valence electrons. The molecule has 0 spiro atoms. The Balaban J connectivity index is 3.92. The van der Waals surface area contributed by atoms with Crippen LogP contribution in [0.25, 0.3) is 0 Å². The average Bonchev–Trinajstić information content (AvgIpc) is 1.86. The molecule has 0 rings (SSSR count). The van der Waals surface area contributed by atoms with Crippen LogP contribution in [-0.2, 0) is 0 Å². The third kappa shape index (κ3) is 2.21. The van der Waals surface area contributed by atoms with Crippen molar-refractivity contribution in [1.29, 1.82) is 0 Å². The van der Waals surface area contributed by atoms with Gasteiger partial charge in [0.25, 0.3) is 0 Å². The summed E-state index contributed by atoms with van der Waals surface area (Å²) in [4.78, 5) is 0. The van der Waals surface area contributed by atoms with Crippen LogP contribution in [0.4, 0.5) is 0 Å². The maximum absolute atomic E-state index is 5.21. The van der Waals surface area contributed by atoms with Crippen LogP contribution in [0.3, 0.4) is 0 Å². The molecule has 0 aromatic heterocycles. The van der Waals surface area contributed by atoms with Gasteiger partial charge in [0.15, 0.2) is 0 Å². The Labute approximate surface area is 64.4 Å². The van der Waals surface area contributed by atoms with Gasteiger partial charge in [-0.25, -0.2) is 0 Å². The van der Waals surface area contributed by atoms with E-state index in [0.29, 0.717) is 10.7 Å². The standard InChI is InChI=1S/C8H17S/c1-5-8(4,6-2)7(3)9/h7H,5-6H2,1-4H3. The van der Waals surface area contributed by atoms with Gasteiger partial charge in [0.05, 0.1) is 0 Å². The van der Waals surface area contributed by atoms with E-state index in [9.17, 15) is 0 Å². The second kappa shape index (κ2) is 3.50. The summed E-state index contributed by atoms with van der Waals surface area (Å²) in [6.07, 6.45) is 2.41. The lowest BCUT2D eigenvalue weighted by molar-refractivity contribution is 0.298. The molecule has 0 bridgehead atoms. The molecule has 0 saturated carbocycles. The minimum atomic E-state index is 0.398. The number of hydrogen-bond donors (Lipinski definition) is 0. The lowest BCUT2D eigenvalue weighted by Gasteiger charge is -2.29. The summed E-state index contributed by atoms with van der Waals surface area (Å²) in [5, 5.41) is 0.410. The summed E-state index contributed by atoms with van der Waals surface area (Å²) in [5.74, 6) is 0. The lowest BCUT2D eigenvalue weighted by Crippen LogP contribution is -2.23. The first-order chi connectivity index (χ1) is 4.06. The molecule has 0 aliphatic heterocycles. The summed E-state index contributed by atoms with van der Waals surface area (Å²) in [6.45, 7) is 8.83. The van der Waals surface area contributed by atoms with Crippen molar-refractivity contribution in [3.8, 4) is 0 Å². The van der Waals surface area contributed by atoms with Crippen molar-refractivity contribution >= 4 is 12.6 Å². The maximum Gasteiger partial charge on any atom is 0.0176 e. The van der Waals surface area contributed by atoms with Crippen LogP contribution < -0.4 is 0 Å². The summed E-state index contributed by atoms with van der Waals surface area (Å²) in [6, 6.07) is 0. The third-order valence-corrected chi connectivity index (χ3v) is 3.17. The van der Waals surface area contributed by atoms with E-state index >= 15 is 0 Å². The molecule has 0 aliphatic carbocycles. The molecule has 0 nitrogen and oxygen atoms in total. The molecule has 1 unspecified atom stereocenters. The van der Waals surface area contributed by atoms with Gasteiger partial charge in [-0.1, -0.05) is 40.3 Å². The Morgan fingerprint density at radius 3 is 1.67 bits per heavy atom. The zero-order valence-electron chi connectivity index (χ0n) is 6.90. The topological polar surface area (TPSA) is 0 Å². The molecule has 0 aromatic carbocycles. The SMILES string of the molecule is CCC(C)(CC)C(C)[S]. The molecule has 9 heavy (non-hydrogen) atoms. The summed E-state index contributed by atoms with van der Waals surface area (Å²) in [7, 11) is 0. The van der Waals surface area contributed by atoms with Gasteiger partial charge >= 0.3 is 0 Å². The van der Waals surface area contributed by atoms with Crippen LogP contribution in [0.1, 0.15) is 40.5 Å². The molecule has 1 atom stereocenters. The third-order valence-electron chi connectivity index (χ3n) is 2.60. The fraction of sp³-hybridized carbons (Fsp3) is 1.00. The van der Waals surface area contributed by atoms with Crippen LogP contribution in [0, 0.1) is 5.41 Å². The maximum atomic E-state index is 5.21. The highest BCUT2D eigenvalue weighted by atomic mass is 32.1. The largest absolute Gasteiger partial charge is 0.0902 e. The Bertz CT molecular complexity index is 72.6. The fourth-order valence-electron chi connectivity index (χ4n) is 0.825. The molecule has 0 aliphatic rings. The van der Waals surface area contributed by atoms with Gasteiger partial charge in [-0.2, -0.15) is 0 Å². The summed E-state index contributed by atoms with van der Waals surface area (Å²) < 4.78 is 0. The normalized spacial score (nSPS) is 15.7. The van der Waals surface area contributed by atoms with Crippen molar-refractivity contribution in [1.82, 2.24) is 0 Å². The predicted molar refractivity (Wildman–Crippen MR) is 45.7 cm³/mol. The Kier molecular flexibility index (Phi) is 3.64. The molecule has 0 aromatic rings. The molecule has 1 heteroatoms. The van der Waals surface area contributed by atoms with Crippen LogP contribution in [0.5, 0.6) is 0 Å². The van der Waals surface area contributed by atoms with Crippen molar-refractivity contribution in [2.75, 3.05) is 0 Å². The highest BCUT2D eigenvalue weighted by Crippen LogP contribution is 2.32. The van der Waals surface area contributed by atoms with Crippen LogP contribution >= 0.6 is 12.6 Å². The van der Waals surface area contributed by atoms with Gasteiger partial charge in [-0.15, -0.1) is 0 Å². The Morgan fingerprint density at radius 2 is 1.67 bits per heavy atom. The monoisotopic (exact) mass is 145 g/mol. The van der Waals surface area contributed by atoms with E-state index in [1.807, 2.05) is 0 Å². The van der Waals surface area contributed by atoms with Gasteiger partial charge < -0.3 is 0 Å².